The molecule has 1 aliphatic rings. The predicted octanol–water partition coefficient (Wildman–Crippen LogP) is 3.87. The summed E-state index contributed by atoms with van der Waals surface area (Å²) >= 11 is 0. The molecule has 5 rings (SSSR count). The van der Waals surface area contributed by atoms with Gasteiger partial charge >= 0.3 is 11.9 Å². The van der Waals surface area contributed by atoms with Gasteiger partial charge in [-0.1, -0.05) is 0 Å². The lowest BCUT2D eigenvalue weighted by Crippen LogP contribution is -2.47. The molecule has 3 aromatic carbocycles. The van der Waals surface area contributed by atoms with Crippen LogP contribution >= 0.6 is 0 Å². The SMILES string of the molecule is CCOC(=O)c1ccc(N2CCN(CCn3c(-c4ccc(O)cc4O)nc4cc(C(=O)OCC)ccc43)CC2)c(N)c1. The van der Waals surface area contributed by atoms with E-state index in [1.807, 2.05) is 16.7 Å². The van der Waals surface area contributed by atoms with Crippen LogP contribution in [0.2, 0.25) is 0 Å². The minimum Gasteiger partial charge on any atom is -0.508 e. The van der Waals surface area contributed by atoms with Gasteiger partial charge in [0.05, 0.1) is 52.3 Å². The van der Waals surface area contributed by atoms with E-state index in [-0.39, 0.29) is 24.1 Å². The minimum absolute atomic E-state index is 0.0439. The molecule has 0 spiro atoms. The van der Waals surface area contributed by atoms with Crippen molar-refractivity contribution in [1.29, 1.82) is 0 Å². The number of phenols is 2. The number of nitrogens with two attached hydrogens (primary N) is 1. The van der Waals surface area contributed by atoms with E-state index in [2.05, 4.69) is 9.80 Å². The van der Waals surface area contributed by atoms with Gasteiger partial charge in [0, 0.05) is 45.3 Å². The van der Waals surface area contributed by atoms with Crippen LogP contribution in [0.4, 0.5) is 11.4 Å². The Balaban J connectivity index is 1.33. The smallest absolute Gasteiger partial charge is 0.338 e. The van der Waals surface area contributed by atoms with Gasteiger partial charge in [-0.3, -0.25) is 4.90 Å². The molecule has 0 aliphatic carbocycles. The predicted molar refractivity (Wildman–Crippen MR) is 160 cm³/mol. The number of carbonyl (C=O) groups excluding carboxylic acids is 2. The molecular weight excluding hydrogens is 538 g/mol. The van der Waals surface area contributed by atoms with Crippen molar-refractivity contribution < 1.29 is 29.3 Å². The number of piperazine rings is 1. The zero-order valence-corrected chi connectivity index (χ0v) is 23.7. The highest BCUT2D eigenvalue weighted by Crippen LogP contribution is 2.34. The lowest BCUT2D eigenvalue weighted by Gasteiger charge is -2.36. The molecular formula is C31H35N5O6. The largest absolute Gasteiger partial charge is 0.508 e. The molecule has 11 nitrogen and oxygen atoms in total. The van der Waals surface area contributed by atoms with E-state index in [1.165, 1.54) is 12.1 Å². The number of aromatic hydroxyl groups is 2. The number of aromatic nitrogens is 2. The normalized spacial score (nSPS) is 13.8. The lowest BCUT2D eigenvalue weighted by molar-refractivity contribution is 0.0517. The van der Waals surface area contributed by atoms with Crippen molar-refractivity contribution in [2.24, 2.45) is 0 Å². The molecule has 4 aromatic rings. The molecule has 11 heteroatoms. The summed E-state index contributed by atoms with van der Waals surface area (Å²) in [6, 6.07) is 15.0. The molecule has 0 saturated carbocycles. The number of phenolic OH excluding ortho intramolecular Hbond substituents is 2. The van der Waals surface area contributed by atoms with E-state index in [1.54, 1.807) is 44.2 Å². The number of hydrogen-bond acceptors (Lipinski definition) is 10. The molecule has 1 aliphatic heterocycles. The van der Waals surface area contributed by atoms with Crippen LogP contribution in [0, 0.1) is 0 Å². The first-order valence-corrected chi connectivity index (χ1v) is 14.0. The van der Waals surface area contributed by atoms with Crippen LogP contribution in [0.5, 0.6) is 11.5 Å². The maximum absolute atomic E-state index is 12.3. The monoisotopic (exact) mass is 573 g/mol. The van der Waals surface area contributed by atoms with Gasteiger partial charge in [0.25, 0.3) is 0 Å². The van der Waals surface area contributed by atoms with Crippen molar-refractivity contribution in [3.8, 4) is 22.9 Å². The van der Waals surface area contributed by atoms with Crippen LogP contribution in [-0.2, 0) is 16.0 Å². The third-order valence-electron chi connectivity index (χ3n) is 7.37. The Labute approximate surface area is 243 Å². The second kappa shape index (κ2) is 12.4. The first-order chi connectivity index (χ1) is 20.3. The Morgan fingerprint density at radius 3 is 2.17 bits per heavy atom. The van der Waals surface area contributed by atoms with Gasteiger partial charge in [-0.05, 0) is 62.4 Å². The number of esters is 2. The molecule has 0 amide bonds. The summed E-state index contributed by atoms with van der Waals surface area (Å²) < 4.78 is 12.2. The Morgan fingerprint density at radius 2 is 1.52 bits per heavy atom. The zero-order chi connectivity index (χ0) is 29.8. The fourth-order valence-electron chi connectivity index (χ4n) is 5.25. The van der Waals surface area contributed by atoms with Gasteiger partial charge in [-0.2, -0.15) is 0 Å². The molecule has 1 aromatic heterocycles. The summed E-state index contributed by atoms with van der Waals surface area (Å²) in [7, 11) is 0. The van der Waals surface area contributed by atoms with E-state index in [4.69, 9.17) is 20.2 Å². The molecule has 4 N–H and O–H groups in total. The number of hydrogen-bond donors (Lipinski definition) is 3. The molecule has 1 saturated heterocycles. The van der Waals surface area contributed by atoms with Crippen molar-refractivity contribution in [1.82, 2.24) is 14.5 Å². The standard InChI is InChI=1S/C31H35N5O6/c1-3-41-30(39)20-5-9-26(24(32)17-20)35-14-11-34(12-15-35)13-16-36-27-10-6-21(31(40)42-4-2)18-25(27)33-29(36)23-8-7-22(37)19-28(23)38/h5-10,17-19,37-38H,3-4,11-16,32H2,1-2H3. The molecule has 0 unspecified atom stereocenters. The highest BCUT2D eigenvalue weighted by molar-refractivity contribution is 5.95. The first kappa shape index (κ1) is 28.7. The summed E-state index contributed by atoms with van der Waals surface area (Å²) in [6.45, 7) is 8.56. The van der Waals surface area contributed by atoms with Crippen molar-refractivity contribution in [2.75, 3.05) is 56.6 Å². The van der Waals surface area contributed by atoms with E-state index in [9.17, 15) is 19.8 Å². The summed E-state index contributed by atoms with van der Waals surface area (Å²) in [5.41, 5.74) is 10.5. The summed E-state index contributed by atoms with van der Waals surface area (Å²) in [6.07, 6.45) is 0. The molecule has 42 heavy (non-hydrogen) atoms. The van der Waals surface area contributed by atoms with Gasteiger partial charge < -0.3 is 34.9 Å². The highest BCUT2D eigenvalue weighted by Gasteiger charge is 2.22. The fraction of sp³-hybridized carbons (Fsp3) is 0.323. The van der Waals surface area contributed by atoms with Gasteiger partial charge in [0.15, 0.2) is 0 Å². The fourth-order valence-corrected chi connectivity index (χ4v) is 5.25. The summed E-state index contributed by atoms with van der Waals surface area (Å²) in [4.78, 5) is 33.7. The van der Waals surface area contributed by atoms with Crippen LogP contribution in [0.25, 0.3) is 22.4 Å². The van der Waals surface area contributed by atoms with Crippen LogP contribution in [0.15, 0.2) is 54.6 Å². The minimum atomic E-state index is -0.419. The highest BCUT2D eigenvalue weighted by atomic mass is 16.5. The van der Waals surface area contributed by atoms with Crippen molar-refractivity contribution in [3.63, 3.8) is 0 Å². The lowest BCUT2D eigenvalue weighted by atomic mass is 10.1. The Bertz CT molecular complexity index is 1610. The van der Waals surface area contributed by atoms with Gasteiger partial charge in [-0.25, -0.2) is 14.6 Å². The van der Waals surface area contributed by atoms with E-state index < -0.39 is 5.97 Å². The van der Waals surface area contributed by atoms with Crippen molar-refractivity contribution >= 4 is 34.3 Å². The zero-order valence-electron chi connectivity index (χ0n) is 23.7. The average Bonchev–Trinajstić information content (AvgIpc) is 3.34. The topological polar surface area (TPSA) is 143 Å². The third kappa shape index (κ3) is 5.96. The Hall–Kier alpha value is -4.77. The number of ether oxygens (including phenoxy) is 2. The van der Waals surface area contributed by atoms with E-state index in [0.717, 1.165) is 43.9 Å². The van der Waals surface area contributed by atoms with Crippen molar-refractivity contribution in [3.05, 3.63) is 65.7 Å². The van der Waals surface area contributed by atoms with Gasteiger partial charge in [-0.15, -0.1) is 0 Å². The molecule has 220 valence electrons. The Morgan fingerprint density at radius 1 is 0.857 bits per heavy atom. The number of benzene rings is 3. The van der Waals surface area contributed by atoms with Crippen LogP contribution < -0.4 is 10.6 Å². The van der Waals surface area contributed by atoms with Crippen LogP contribution in [0.1, 0.15) is 34.6 Å². The molecule has 0 radical (unpaired) electrons. The van der Waals surface area contributed by atoms with Crippen molar-refractivity contribution in [2.45, 2.75) is 20.4 Å². The molecule has 0 atom stereocenters. The second-order valence-electron chi connectivity index (χ2n) is 10.0. The van der Waals surface area contributed by atoms with Gasteiger partial charge in [0.1, 0.15) is 17.3 Å². The average molecular weight is 574 g/mol. The number of fused-ring (bicyclic) bond motifs is 1. The maximum Gasteiger partial charge on any atom is 0.338 e. The van der Waals surface area contributed by atoms with Crippen LogP contribution in [-0.4, -0.2) is 82.5 Å². The summed E-state index contributed by atoms with van der Waals surface area (Å²) in [5.74, 6) is -0.395. The molecule has 0 bridgehead atoms. The quantitative estimate of drug-likeness (QED) is 0.199. The maximum atomic E-state index is 12.3. The Kier molecular flexibility index (Phi) is 8.48. The first-order valence-electron chi connectivity index (χ1n) is 14.0. The number of carbonyl (C=O) groups is 2. The summed E-state index contributed by atoms with van der Waals surface area (Å²) in [5, 5.41) is 20.4. The second-order valence-corrected chi connectivity index (χ2v) is 10.0. The third-order valence-corrected chi connectivity index (χ3v) is 7.37. The number of imidazole rings is 1. The van der Waals surface area contributed by atoms with E-state index in [0.29, 0.717) is 46.9 Å². The number of rotatable bonds is 9. The van der Waals surface area contributed by atoms with Crippen LogP contribution in [0.3, 0.4) is 0 Å². The number of anilines is 2. The molecule has 2 heterocycles. The van der Waals surface area contributed by atoms with Gasteiger partial charge in [0.2, 0.25) is 0 Å². The number of nitrogen functional groups attached to an aromatic ring is 1. The van der Waals surface area contributed by atoms with E-state index >= 15 is 0 Å². The molecule has 1 fully saturated rings. The number of nitrogens with zero attached hydrogens (tertiary/aromatic N) is 4.